The van der Waals surface area contributed by atoms with Crippen LogP contribution in [-0.4, -0.2) is 49.3 Å². The number of aryl methyl sites for hydroxylation is 1. The molecule has 128 valence electrons. The van der Waals surface area contributed by atoms with E-state index in [9.17, 15) is 0 Å². The minimum absolute atomic E-state index is 0.767. The van der Waals surface area contributed by atoms with Crippen LogP contribution in [0.1, 0.15) is 12.0 Å². The molecule has 0 radical (unpaired) electrons. The maximum atomic E-state index is 6.24. The number of benzene rings is 1. The zero-order valence-electron chi connectivity index (χ0n) is 14.1. The van der Waals surface area contributed by atoms with Crippen LogP contribution in [0.5, 0.6) is 0 Å². The van der Waals surface area contributed by atoms with Crippen LogP contribution < -0.4 is 4.90 Å². The fourth-order valence-electron chi connectivity index (χ4n) is 3.06. The van der Waals surface area contributed by atoms with E-state index >= 15 is 0 Å². The summed E-state index contributed by atoms with van der Waals surface area (Å²) >= 11 is 6.24. The number of pyridine rings is 1. The summed E-state index contributed by atoms with van der Waals surface area (Å²) in [6, 6.07) is 10.2. The lowest BCUT2D eigenvalue weighted by Crippen LogP contribution is -2.37. The Labute approximate surface area is 149 Å². The molecule has 0 bridgehead atoms. The van der Waals surface area contributed by atoms with Crippen LogP contribution in [-0.2, 0) is 4.74 Å². The number of morpholine rings is 1. The first-order chi connectivity index (χ1) is 11.7. The molecule has 24 heavy (non-hydrogen) atoms. The van der Waals surface area contributed by atoms with Crippen molar-refractivity contribution >= 4 is 23.0 Å². The highest BCUT2D eigenvalue weighted by atomic mass is 35.5. The van der Waals surface area contributed by atoms with Crippen LogP contribution in [0, 0.1) is 6.92 Å². The lowest BCUT2D eigenvalue weighted by molar-refractivity contribution is 0.0377. The Morgan fingerprint density at radius 3 is 2.67 bits per heavy atom. The molecule has 0 amide bonds. The van der Waals surface area contributed by atoms with Gasteiger partial charge in [-0.3, -0.25) is 9.88 Å². The zero-order valence-corrected chi connectivity index (χ0v) is 14.9. The van der Waals surface area contributed by atoms with Crippen LogP contribution >= 0.6 is 11.6 Å². The van der Waals surface area contributed by atoms with Crippen molar-refractivity contribution in [2.75, 3.05) is 44.3 Å². The Bertz CT molecular complexity index is 644. The average molecular weight is 346 g/mol. The molecule has 0 saturated carbocycles. The van der Waals surface area contributed by atoms with Gasteiger partial charge in [-0.25, -0.2) is 0 Å². The molecule has 1 fully saturated rings. The quantitative estimate of drug-likeness (QED) is 0.793. The van der Waals surface area contributed by atoms with Gasteiger partial charge in [0.15, 0.2) is 0 Å². The summed E-state index contributed by atoms with van der Waals surface area (Å²) in [6.45, 7) is 7.93. The largest absolute Gasteiger partial charge is 0.379 e. The summed E-state index contributed by atoms with van der Waals surface area (Å²) in [7, 11) is 0. The molecule has 2 aromatic rings. The van der Waals surface area contributed by atoms with E-state index in [2.05, 4.69) is 39.9 Å². The highest BCUT2D eigenvalue weighted by Crippen LogP contribution is 2.30. The third-order valence-corrected chi connectivity index (χ3v) is 4.63. The molecular formula is C19H24ClN3O. The Hall–Kier alpha value is -1.62. The average Bonchev–Trinajstić information content (AvgIpc) is 2.63. The molecule has 0 N–H and O–H groups in total. The van der Waals surface area contributed by atoms with E-state index in [0.29, 0.717) is 0 Å². The number of hydrogen-bond acceptors (Lipinski definition) is 4. The maximum absolute atomic E-state index is 6.24. The minimum Gasteiger partial charge on any atom is -0.379 e. The predicted octanol–water partition coefficient (Wildman–Crippen LogP) is 3.90. The van der Waals surface area contributed by atoms with E-state index in [-0.39, 0.29) is 0 Å². The Kier molecular flexibility index (Phi) is 6.07. The van der Waals surface area contributed by atoms with Gasteiger partial charge in [-0.2, -0.15) is 0 Å². The molecule has 0 atom stereocenters. The van der Waals surface area contributed by atoms with E-state index in [0.717, 1.165) is 62.2 Å². The minimum atomic E-state index is 0.767. The third kappa shape index (κ3) is 4.47. The number of nitrogens with zero attached hydrogens (tertiary/aromatic N) is 3. The Morgan fingerprint density at radius 2 is 1.92 bits per heavy atom. The second-order valence-electron chi connectivity index (χ2n) is 6.10. The van der Waals surface area contributed by atoms with Crippen LogP contribution in [0.25, 0.3) is 0 Å². The van der Waals surface area contributed by atoms with Crippen molar-refractivity contribution in [3.63, 3.8) is 0 Å². The summed E-state index contributed by atoms with van der Waals surface area (Å²) in [5, 5.41) is 0.767. The first-order valence-electron chi connectivity index (χ1n) is 8.48. The molecule has 0 spiro atoms. The van der Waals surface area contributed by atoms with Crippen LogP contribution in [0.3, 0.4) is 0 Å². The van der Waals surface area contributed by atoms with E-state index in [1.165, 1.54) is 5.56 Å². The number of hydrogen-bond donors (Lipinski definition) is 0. The molecule has 2 heterocycles. The van der Waals surface area contributed by atoms with Crippen molar-refractivity contribution < 1.29 is 4.74 Å². The standard InChI is InChI=1S/C19H24ClN3O/c1-16-3-4-17(20)15-19(16)23(18-5-7-21-8-6-18)10-2-9-22-11-13-24-14-12-22/h3-8,15H,2,9-14H2,1H3. The highest BCUT2D eigenvalue weighted by molar-refractivity contribution is 6.30. The number of aromatic nitrogens is 1. The van der Waals surface area contributed by atoms with E-state index in [4.69, 9.17) is 16.3 Å². The van der Waals surface area contributed by atoms with Crippen LogP contribution in [0.4, 0.5) is 11.4 Å². The molecule has 1 aliphatic rings. The topological polar surface area (TPSA) is 28.6 Å². The van der Waals surface area contributed by atoms with Gasteiger partial charge in [0.25, 0.3) is 0 Å². The molecular weight excluding hydrogens is 322 g/mol. The van der Waals surface area contributed by atoms with Gasteiger partial charge in [0.1, 0.15) is 0 Å². The zero-order chi connectivity index (χ0) is 16.8. The summed E-state index contributed by atoms with van der Waals surface area (Å²) in [5.41, 5.74) is 3.54. The second kappa shape index (κ2) is 8.47. The van der Waals surface area contributed by atoms with Gasteiger partial charge in [-0.1, -0.05) is 17.7 Å². The van der Waals surface area contributed by atoms with Gasteiger partial charge in [0.2, 0.25) is 0 Å². The van der Waals surface area contributed by atoms with Crippen molar-refractivity contribution in [1.29, 1.82) is 0 Å². The number of rotatable bonds is 6. The normalized spacial score (nSPS) is 15.4. The van der Waals surface area contributed by atoms with Crippen molar-refractivity contribution in [3.8, 4) is 0 Å². The van der Waals surface area contributed by atoms with Crippen molar-refractivity contribution in [1.82, 2.24) is 9.88 Å². The van der Waals surface area contributed by atoms with Gasteiger partial charge >= 0.3 is 0 Å². The summed E-state index contributed by atoms with van der Waals surface area (Å²) in [5.74, 6) is 0. The van der Waals surface area contributed by atoms with Crippen LogP contribution in [0.15, 0.2) is 42.7 Å². The number of halogens is 1. The summed E-state index contributed by atoms with van der Waals surface area (Å²) in [4.78, 5) is 8.95. The fraction of sp³-hybridized carbons (Fsp3) is 0.421. The third-order valence-electron chi connectivity index (χ3n) is 4.40. The molecule has 1 aromatic carbocycles. The molecule has 5 heteroatoms. The Balaban J connectivity index is 1.74. The van der Waals surface area contributed by atoms with Crippen molar-refractivity contribution in [3.05, 3.63) is 53.3 Å². The molecule has 1 aromatic heterocycles. The SMILES string of the molecule is Cc1ccc(Cl)cc1N(CCCN1CCOCC1)c1ccncc1. The van der Waals surface area contributed by atoms with Crippen molar-refractivity contribution in [2.24, 2.45) is 0 Å². The number of ether oxygens (including phenoxy) is 1. The lowest BCUT2D eigenvalue weighted by atomic mass is 10.1. The molecule has 1 aliphatic heterocycles. The first-order valence-corrected chi connectivity index (χ1v) is 8.85. The second-order valence-corrected chi connectivity index (χ2v) is 6.53. The van der Waals surface area contributed by atoms with E-state index in [1.807, 2.05) is 24.5 Å². The van der Waals surface area contributed by atoms with Crippen molar-refractivity contribution in [2.45, 2.75) is 13.3 Å². The van der Waals surface area contributed by atoms with E-state index < -0.39 is 0 Å². The monoisotopic (exact) mass is 345 g/mol. The van der Waals surface area contributed by atoms with Gasteiger partial charge in [0.05, 0.1) is 13.2 Å². The highest BCUT2D eigenvalue weighted by Gasteiger charge is 2.14. The first kappa shape index (κ1) is 17.2. The molecule has 0 aliphatic carbocycles. The van der Waals surface area contributed by atoms with Gasteiger partial charge in [-0.05, 0) is 43.2 Å². The predicted molar refractivity (Wildman–Crippen MR) is 99.3 cm³/mol. The summed E-state index contributed by atoms with van der Waals surface area (Å²) < 4.78 is 5.42. The lowest BCUT2D eigenvalue weighted by Gasteiger charge is -2.30. The van der Waals surface area contributed by atoms with Crippen LogP contribution in [0.2, 0.25) is 5.02 Å². The molecule has 4 nitrogen and oxygen atoms in total. The van der Waals surface area contributed by atoms with E-state index in [1.54, 1.807) is 0 Å². The number of anilines is 2. The molecule has 3 rings (SSSR count). The molecule has 1 saturated heterocycles. The smallest absolute Gasteiger partial charge is 0.0594 e. The fourth-order valence-corrected chi connectivity index (χ4v) is 3.23. The van der Waals surface area contributed by atoms with Gasteiger partial charge in [-0.15, -0.1) is 0 Å². The summed E-state index contributed by atoms with van der Waals surface area (Å²) in [6.07, 6.45) is 4.77. The van der Waals surface area contributed by atoms with Gasteiger partial charge in [0, 0.05) is 55.0 Å². The Morgan fingerprint density at radius 1 is 1.17 bits per heavy atom. The molecule has 0 unspecified atom stereocenters. The van der Waals surface area contributed by atoms with Gasteiger partial charge < -0.3 is 9.64 Å². The maximum Gasteiger partial charge on any atom is 0.0594 e.